The van der Waals surface area contributed by atoms with Gasteiger partial charge in [0, 0.05) is 0 Å². The normalized spacial score (nSPS) is 14.7. The minimum absolute atomic E-state index is 0.151. The maximum absolute atomic E-state index is 12.9. The lowest BCUT2D eigenvalue weighted by Gasteiger charge is -2.12. The summed E-state index contributed by atoms with van der Waals surface area (Å²) in [4.78, 5) is 12.9. The smallest absolute Gasteiger partial charge is 0.280 e. The first-order valence-electron chi connectivity index (χ1n) is 9.67. The number of hydrogen-bond donors (Lipinski definition) is 0. The molecule has 5 heteroatoms. The van der Waals surface area contributed by atoms with Crippen LogP contribution < -0.4 is 14.5 Å². The van der Waals surface area contributed by atoms with Crippen LogP contribution in [0, 0.1) is 0 Å². The molecule has 0 aromatic heterocycles. The van der Waals surface area contributed by atoms with E-state index in [4.69, 9.17) is 9.47 Å². The summed E-state index contributed by atoms with van der Waals surface area (Å²) in [7, 11) is 1.60. The minimum Gasteiger partial charge on any atom is -0.493 e. The van der Waals surface area contributed by atoms with E-state index in [-0.39, 0.29) is 5.91 Å². The molecule has 0 saturated carbocycles. The molecule has 0 bridgehead atoms. The molecule has 5 nitrogen and oxygen atoms in total. The largest absolute Gasteiger partial charge is 0.493 e. The SMILES string of the molecule is COc1cc(/C=C2\C(=O)N(c3ccccc3)N=C2C)ccc1OCc1ccccc1. The molecule has 4 rings (SSSR count). The average molecular weight is 398 g/mol. The van der Waals surface area contributed by atoms with E-state index >= 15 is 0 Å². The molecule has 0 spiro atoms. The zero-order valence-electron chi connectivity index (χ0n) is 16.9. The number of carbonyl (C=O) groups excluding carboxylic acids is 1. The number of hydrazone groups is 1. The van der Waals surface area contributed by atoms with Crippen molar-refractivity contribution in [1.82, 2.24) is 0 Å². The zero-order valence-corrected chi connectivity index (χ0v) is 16.9. The van der Waals surface area contributed by atoms with E-state index in [2.05, 4.69) is 5.10 Å². The first-order chi connectivity index (χ1) is 14.7. The van der Waals surface area contributed by atoms with E-state index in [1.54, 1.807) is 7.11 Å². The van der Waals surface area contributed by atoms with Gasteiger partial charge in [-0.1, -0.05) is 54.6 Å². The molecule has 0 saturated heterocycles. The highest BCUT2D eigenvalue weighted by atomic mass is 16.5. The Morgan fingerprint density at radius 2 is 1.63 bits per heavy atom. The van der Waals surface area contributed by atoms with Gasteiger partial charge in [-0.3, -0.25) is 4.79 Å². The van der Waals surface area contributed by atoms with Gasteiger partial charge >= 0.3 is 0 Å². The molecule has 0 N–H and O–H groups in total. The van der Waals surface area contributed by atoms with Gasteiger partial charge in [-0.15, -0.1) is 0 Å². The molecule has 0 aliphatic carbocycles. The van der Waals surface area contributed by atoms with Crippen molar-refractivity contribution in [2.75, 3.05) is 12.1 Å². The third-order valence-corrected chi connectivity index (χ3v) is 4.80. The van der Waals surface area contributed by atoms with Gasteiger partial charge in [-0.2, -0.15) is 10.1 Å². The molecule has 0 unspecified atom stereocenters. The summed E-state index contributed by atoms with van der Waals surface area (Å²) in [5.41, 5.74) is 3.89. The van der Waals surface area contributed by atoms with Crippen molar-refractivity contribution in [3.8, 4) is 11.5 Å². The van der Waals surface area contributed by atoms with Crippen molar-refractivity contribution in [2.24, 2.45) is 5.10 Å². The van der Waals surface area contributed by atoms with E-state index in [0.717, 1.165) is 16.8 Å². The van der Waals surface area contributed by atoms with Crippen LogP contribution in [0.3, 0.4) is 0 Å². The molecular weight excluding hydrogens is 376 g/mol. The van der Waals surface area contributed by atoms with E-state index in [0.29, 0.717) is 29.4 Å². The highest BCUT2D eigenvalue weighted by molar-refractivity contribution is 6.32. The van der Waals surface area contributed by atoms with Gasteiger partial charge in [0.25, 0.3) is 5.91 Å². The van der Waals surface area contributed by atoms with Crippen molar-refractivity contribution < 1.29 is 14.3 Å². The second-order valence-electron chi connectivity index (χ2n) is 6.88. The average Bonchev–Trinajstić information content (AvgIpc) is 3.07. The Bertz CT molecular complexity index is 1110. The number of ether oxygens (including phenoxy) is 2. The Hall–Kier alpha value is -3.86. The standard InChI is InChI=1S/C25H22N2O3/c1-18-22(25(28)27(26-18)21-11-7-4-8-12-21)15-20-13-14-23(24(16-20)29-2)30-17-19-9-5-3-6-10-19/h3-16H,17H2,1-2H3/b22-15-. The maximum Gasteiger partial charge on any atom is 0.280 e. The number of hydrogen-bond acceptors (Lipinski definition) is 4. The molecule has 0 radical (unpaired) electrons. The molecule has 1 aliphatic rings. The summed E-state index contributed by atoms with van der Waals surface area (Å²) in [6.45, 7) is 2.29. The highest BCUT2D eigenvalue weighted by Gasteiger charge is 2.28. The van der Waals surface area contributed by atoms with Crippen LogP contribution in [-0.4, -0.2) is 18.7 Å². The molecule has 3 aromatic rings. The van der Waals surface area contributed by atoms with Crippen LogP contribution in [0.25, 0.3) is 6.08 Å². The van der Waals surface area contributed by atoms with Crippen LogP contribution in [-0.2, 0) is 11.4 Å². The monoisotopic (exact) mass is 398 g/mol. The molecule has 1 aliphatic heterocycles. The third kappa shape index (κ3) is 4.10. The van der Waals surface area contributed by atoms with Gasteiger partial charge < -0.3 is 9.47 Å². The Kier molecular flexibility index (Phi) is 5.61. The molecule has 0 atom stereocenters. The second-order valence-corrected chi connectivity index (χ2v) is 6.88. The zero-order chi connectivity index (χ0) is 20.9. The number of para-hydroxylation sites is 1. The maximum atomic E-state index is 12.9. The lowest BCUT2D eigenvalue weighted by Crippen LogP contribution is -2.21. The van der Waals surface area contributed by atoms with Crippen molar-refractivity contribution in [2.45, 2.75) is 13.5 Å². The van der Waals surface area contributed by atoms with Crippen LogP contribution in [0.5, 0.6) is 11.5 Å². The summed E-state index contributed by atoms with van der Waals surface area (Å²) >= 11 is 0. The van der Waals surface area contributed by atoms with E-state index < -0.39 is 0 Å². The van der Waals surface area contributed by atoms with Gasteiger partial charge in [0.2, 0.25) is 0 Å². The molecule has 0 fully saturated rings. The summed E-state index contributed by atoms with van der Waals surface area (Å²) in [5, 5.41) is 5.84. The molecule has 30 heavy (non-hydrogen) atoms. The number of amides is 1. The second kappa shape index (κ2) is 8.66. The summed E-state index contributed by atoms with van der Waals surface area (Å²) in [6.07, 6.45) is 1.83. The molecule has 1 heterocycles. The van der Waals surface area contributed by atoms with Crippen molar-refractivity contribution >= 4 is 23.4 Å². The summed E-state index contributed by atoms with van der Waals surface area (Å²) in [5.74, 6) is 1.11. The number of nitrogens with zero attached hydrogens (tertiary/aromatic N) is 2. The lowest BCUT2D eigenvalue weighted by molar-refractivity contribution is -0.114. The van der Waals surface area contributed by atoms with Crippen molar-refractivity contribution in [3.05, 3.63) is 95.6 Å². The summed E-state index contributed by atoms with van der Waals surface area (Å²) in [6, 6.07) is 25.0. The predicted molar refractivity (Wildman–Crippen MR) is 119 cm³/mol. The first kappa shape index (κ1) is 19.5. The van der Waals surface area contributed by atoms with Crippen LogP contribution >= 0.6 is 0 Å². The van der Waals surface area contributed by atoms with Gasteiger partial charge in [-0.05, 0) is 48.4 Å². The van der Waals surface area contributed by atoms with E-state index in [9.17, 15) is 4.79 Å². The van der Waals surface area contributed by atoms with Crippen molar-refractivity contribution in [1.29, 1.82) is 0 Å². The summed E-state index contributed by atoms with van der Waals surface area (Å²) < 4.78 is 11.4. The van der Waals surface area contributed by atoms with Gasteiger partial charge in [0.1, 0.15) is 6.61 Å². The van der Waals surface area contributed by atoms with E-state index in [1.165, 1.54) is 5.01 Å². The molecule has 3 aromatic carbocycles. The number of anilines is 1. The Labute approximate surface area is 175 Å². The Balaban J connectivity index is 1.55. The number of rotatable bonds is 6. The first-order valence-corrected chi connectivity index (χ1v) is 9.67. The Morgan fingerprint density at radius 3 is 2.33 bits per heavy atom. The molecular formula is C25H22N2O3. The number of methoxy groups -OCH3 is 1. The fraction of sp³-hybridized carbons (Fsp3) is 0.120. The Morgan fingerprint density at radius 1 is 0.933 bits per heavy atom. The predicted octanol–water partition coefficient (Wildman–Crippen LogP) is 5.08. The molecule has 1 amide bonds. The lowest BCUT2D eigenvalue weighted by atomic mass is 10.1. The highest BCUT2D eigenvalue weighted by Crippen LogP contribution is 2.31. The van der Waals surface area contributed by atoms with Crippen LogP contribution in [0.2, 0.25) is 0 Å². The van der Waals surface area contributed by atoms with Crippen LogP contribution in [0.1, 0.15) is 18.1 Å². The van der Waals surface area contributed by atoms with Gasteiger partial charge in [0.15, 0.2) is 11.5 Å². The fourth-order valence-electron chi connectivity index (χ4n) is 3.22. The van der Waals surface area contributed by atoms with E-state index in [1.807, 2.05) is 91.9 Å². The topological polar surface area (TPSA) is 51.1 Å². The number of carbonyl (C=O) groups is 1. The van der Waals surface area contributed by atoms with Gasteiger partial charge in [0.05, 0.1) is 24.1 Å². The number of benzene rings is 3. The molecule has 150 valence electrons. The van der Waals surface area contributed by atoms with Crippen LogP contribution in [0.4, 0.5) is 5.69 Å². The van der Waals surface area contributed by atoms with Crippen LogP contribution in [0.15, 0.2) is 89.5 Å². The fourth-order valence-corrected chi connectivity index (χ4v) is 3.22. The van der Waals surface area contributed by atoms with Gasteiger partial charge in [-0.25, -0.2) is 0 Å². The quantitative estimate of drug-likeness (QED) is 0.544. The minimum atomic E-state index is -0.151. The third-order valence-electron chi connectivity index (χ3n) is 4.80. The van der Waals surface area contributed by atoms with Crippen molar-refractivity contribution in [3.63, 3.8) is 0 Å².